The molecular weight excluding hydrogens is 462 g/mol. The fraction of sp³-hybridized carbons (Fsp3) is 0.417. The summed E-state index contributed by atoms with van der Waals surface area (Å²) in [7, 11) is 1.59. The van der Waals surface area contributed by atoms with Gasteiger partial charge >= 0.3 is 6.18 Å². The summed E-state index contributed by atoms with van der Waals surface area (Å²) in [6, 6.07) is 0. The monoisotopic (exact) mass is 477 g/mol. The van der Waals surface area contributed by atoms with Gasteiger partial charge in [0.15, 0.2) is 11.7 Å². The second kappa shape index (κ2) is 8.78. The highest BCUT2D eigenvalue weighted by Crippen LogP contribution is 2.29. The topological polar surface area (TPSA) is 62.2 Å². The third-order valence-electron chi connectivity index (χ3n) is 2.55. The first-order chi connectivity index (χ1) is 10.4. The zero-order chi connectivity index (χ0) is 16.2. The average Bonchev–Trinajstić information content (AvgIpc) is 3.07. The van der Waals surface area contributed by atoms with Gasteiger partial charge in [0.2, 0.25) is 0 Å². The van der Waals surface area contributed by atoms with Crippen molar-refractivity contribution in [3.8, 4) is 0 Å². The number of hydrogen-bond donors (Lipinski definition) is 2. The van der Waals surface area contributed by atoms with Gasteiger partial charge in [-0.25, -0.2) is 9.97 Å². The van der Waals surface area contributed by atoms with E-state index in [1.54, 1.807) is 7.05 Å². The summed E-state index contributed by atoms with van der Waals surface area (Å²) >= 11 is 2.49. The van der Waals surface area contributed by atoms with E-state index < -0.39 is 11.9 Å². The molecule has 0 aromatic carbocycles. The Balaban J connectivity index is 0.00000264. The number of guanidine groups is 1. The van der Waals surface area contributed by atoms with Crippen LogP contribution in [0, 0.1) is 6.92 Å². The van der Waals surface area contributed by atoms with Gasteiger partial charge in [0.05, 0.1) is 13.1 Å². The maximum Gasteiger partial charge on any atom is 0.434 e. The molecular formula is C12H15F3IN5S2. The fourth-order valence-corrected chi connectivity index (χ4v) is 3.00. The van der Waals surface area contributed by atoms with Gasteiger partial charge in [-0.2, -0.15) is 13.2 Å². The predicted molar refractivity (Wildman–Crippen MR) is 96.4 cm³/mol. The molecule has 0 aliphatic heterocycles. The van der Waals surface area contributed by atoms with Crippen molar-refractivity contribution in [3.05, 3.63) is 32.2 Å². The minimum atomic E-state index is -4.41. The molecule has 0 unspecified atom stereocenters. The molecule has 5 nitrogen and oxygen atoms in total. The number of halogens is 4. The van der Waals surface area contributed by atoms with Crippen molar-refractivity contribution in [1.82, 2.24) is 20.6 Å². The van der Waals surface area contributed by atoms with Crippen LogP contribution >= 0.6 is 46.7 Å². The minimum absolute atomic E-state index is 0. The molecule has 0 aliphatic carbocycles. The quantitative estimate of drug-likeness (QED) is 0.403. The van der Waals surface area contributed by atoms with Crippen LogP contribution in [0.4, 0.5) is 13.2 Å². The Bertz CT molecular complexity index is 653. The molecule has 2 aromatic heterocycles. The number of hydrogen-bond acceptors (Lipinski definition) is 5. The van der Waals surface area contributed by atoms with E-state index in [1.165, 1.54) is 11.3 Å². The number of aliphatic imine (C=N–C) groups is 1. The first-order valence-electron chi connectivity index (χ1n) is 6.25. The number of aryl methyl sites for hydroxylation is 1. The molecule has 0 aliphatic rings. The van der Waals surface area contributed by atoms with E-state index in [-0.39, 0.29) is 30.5 Å². The molecule has 0 saturated heterocycles. The molecule has 0 saturated carbocycles. The Morgan fingerprint density at radius 2 is 1.70 bits per heavy atom. The molecule has 2 heterocycles. The molecule has 0 atom stereocenters. The highest BCUT2D eigenvalue weighted by atomic mass is 127. The minimum Gasteiger partial charge on any atom is -0.350 e. The van der Waals surface area contributed by atoms with Gasteiger partial charge in [-0.15, -0.1) is 46.7 Å². The summed E-state index contributed by atoms with van der Waals surface area (Å²) in [5.74, 6) is 0.483. The summed E-state index contributed by atoms with van der Waals surface area (Å²) in [6.07, 6.45) is -4.41. The van der Waals surface area contributed by atoms with Gasteiger partial charge < -0.3 is 10.6 Å². The fourth-order valence-electron chi connectivity index (χ4n) is 1.55. The first kappa shape index (κ1) is 20.1. The Hall–Kier alpha value is -0.950. The lowest BCUT2D eigenvalue weighted by atomic mass is 10.5. The Labute approximate surface area is 156 Å². The Morgan fingerprint density at radius 1 is 1.13 bits per heavy atom. The van der Waals surface area contributed by atoms with Crippen molar-refractivity contribution in [3.63, 3.8) is 0 Å². The van der Waals surface area contributed by atoms with Gasteiger partial charge in [-0.1, -0.05) is 0 Å². The number of alkyl halides is 3. The van der Waals surface area contributed by atoms with Crippen LogP contribution < -0.4 is 10.6 Å². The molecule has 0 amide bonds. The van der Waals surface area contributed by atoms with Crippen LogP contribution in [0.25, 0.3) is 0 Å². The maximum atomic E-state index is 12.5. The zero-order valence-corrected chi connectivity index (χ0v) is 16.2. The number of thiazole rings is 2. The lowest BCUT2D eigenvalue weighted by Crippen LogP contribution is -2.36. The zero-order valence-electron chi connectivity index (χ0n) is 12.3. The summed E-state index contributed by atoms with van der Waals surface area (Å²) in [6.45, 7) is 2.59. The predicted octanol–water partition coefficient (Wildman–Crippen LogP) is 3.41. The number of rotatable bonds is 4. The van der Waals surface area contributed by atoms with Crippen LogP contribution in [0.15, 0.2) is 15.8 Å². The van der Waals surface area contributed by atoms with Gasteiger partial charge in [0.25, 0.3) is 0 Å². The van der Waals surface area contributed by atoms with Gasteiger partial charge in [-0.05, 0) is 6.92 Å². The molecule has 2 N–H and O–H groups in total. The van der Waals surface area contributed by atoms with Gasteiger partial charge in [0.1, 0.15) is 10.0 Å². The Morgan fingerprint density at radius 3 is 2.13 bits per heavy atom. The van der Waals surface area contributed by atoms with Gasteiger partial charge in [-0.3, -0.25) is 4.99 Å². The van der Waals surface area contributed by atoms with E-state index in [9.17, 15) is 13.2 Å². The van der Waals surface area contributed by atoms with Crippen LogP contribution in [-0.2, 0) is 19.3 Å². The van der Waals surface area contributed by atoms with E-state index in [0.29, 0.717) is 17.5 Å². The first-order valence-corrected chi connectivity index (χ1v) is 8.01. The highest BCUT2D eigenvalue weighted by Gasteiger charge is 2.33. The molecule has 23 heavy (non-hydrogen) atoms. The van der Waals surface area contributed by atoms with Crippen molar-refractivity contribution < 1.29 is 13.2 Å². The van der Waals surface area contributed by atoms with Crippen LogP contribution in [0.2, 0.25) is 0 Å². The van der Waals surface area contributed by atoms with Crippen LogP contribution in [0.3, 0.4) is 0 Å². The van der Waals surface area contributed by atoms with E-state index in [4.69, 9.17) is 0 Å². The smallest absolute Gasteiger partial charge is 0.350 e. The molecule has 2 aromatic rings. The van der Waals surface area contributed by atoms with Crippen molar-refractivity contribution in [2.45, 2.75) is 26.2 Å². The van der Waals surface area contributed by atoms with Gasteiger partial charge in [0, 0.05) is 23.5 Å². The molecule has 0 bridgehead atoms. The Kier molecular flexibility index (Phi) is 7.67. The maximum absolute atomic E-state index is 12.5. The lowest BCUT2D eigenvalue weighted by molar-refractivity contribution is -0.140. The van der Waals surface area contributed by atoms with Crippen molar-refractivity contribution in [2.75, 3.05) is 7.05 Å². The summed E-state index contributed by atoms with van der Waals surface area (Å²) < 4.78 is 37.4. The number of nitrogens with one attached hydrogen (secondary N) is 2. The molecule has 0 radical (unpaired) electrons. The van der Waals surface area contributed by atoms with Crippen molar-refractivity contribution in [2.24, 2.45) is 4.99 Å². The number of aromatic nitrogens is 2. The molecule has 0 spiro atoms. The van der Waals surface area contributed by atoms with Crippen LogP contribution in [0.5, 0.6) is 0 Å². The normalized spacial score (nSPS) is 12.0. The molecule has 11 heteroatoms. The second-order valence-corrected chi connectivity index (χ2v) is 6.17. The van der Waals surface area contributed by atoms with E-state index in [1.807, 2.05) is 12.3 Å². The average molecular weight is 477 g/mol. The summed E-state index contributed by atoms with van der Waals surface area (Å²) in [5.41, 5.74) is 0.0859. The number of nitrogens with zero attached hydrogens (tertiary/aromatic N) is 3. The van der Waals surface area contributed by atoms with Crippen LogP contribution in [-0.4, -0.2) is 23.0 Å². The second-order valence-electron chi connectivity index (χ2n) is 4.29. The molecule has 0 fully saturated rings. The summed E-state index contributed by atoms with van der Waals surface area (Å²) in [5, 5.41) is 10.2. The third kappa shape index (κ3) is 6.22. The summed E-state index contributed by atoms with van der Waals surface area (Å²) in [4.78, 5) is 11.9. The molecule has 128 valence electrons. The van der Waals surface area contributed by atoms with Crippen LogP contribution in [0.1, 0.15) is 21.4 Å². The SMILES string of the molecule is CN=C(NCc1nc(C)cs1)NCc1nc(C(F)(F)F)cs1.I. The highest BCUT2D eigenvalue weighted by molar-refractivity contribution is 14.0. The third-order valence-corrected chi connectivity index (χ3v) is 4.36. The van der Waals surface area contributed by atoms with E-state index in [0.717, 1.165) is 27.4 Å². The van der Waals surface area contributed by atoms with E-state index in [2.05, 4.69) is 25.6 Å². The standard InChI is InChI=1S/C12H14F3N5S2.HI/c1-7-5-21-9(19-7)3-17-11(16-2)18-4-10-20-8(6-22-10)12(13,14)15;/h5-6H,3-4H2,1-2H3,(H2,16,17,18);1H. The largest absolute Gasteiger partial charge is 0.434 e. The van der Waals surface area contributed by atoms with Crippen molar-refractivity contribution in [1.29, 1.82) is 0 Å². The molecule has 2 rings (SSSR count). The lowest BCUT2D eigenvalue weighted by Gasteiger charge is -2.09. The van der Waals surface area contributed by atoms with E-state index >= 15 is 0 Å². The van der Waals surface area contributed by atoms with Crippen molar-refractivity contribution >= 4 is 52.6 Å².